The normalized spacial score (nSPS) is 22.3. The number of carbonyl (C=O) groups excluding carboxylic acids is 1. The number of imidazole rings is 1. The second-order valence-corrected chi connectivity index (χ2v) is 7.23. The molecule has 0 unspecified atom stereocenters. The summed E-state index contributed by atoms with van der Waals surface area (Å²) in [6.45, 7) is 2.20. The van der Waals surface area contributed by atoms with Gasteiger partial charge in [0.1, 0.15) is 0 Å². The van der Waals surface area contributed by atoms with E-state index in [9.17, 15) is 4.79 Å². The SMILES string of the molecule is O=C(Cc1cn2ccsc2n1)C1(N2CCCC2)CCCC1. The zero-order valence-electron chi connectivity index (χ0n) is 12.3. The molecule has 2 aliphatic rings. The number of ketones is 1. The van der Waals surface area contributed by atoms with Crippen molar-refractivity contribution in [2.75, 3.05) is 13.1 Å². The molecule has 0 N–H and O–H groups in total. The number of rotatable bonds is 4. The highest BCUT2D eigenvalue weighted by atomic mass is 32.1. The second-order valence-electron chi connectivity index (χ2n) is 6.36. The number of likely N-dealkylation sites (tertiary alicyclic amines) is 1. The zero-order valence-corrected chi connectivity index (χ0v) is 13.1. The molecule has 0 spiro atoms. The number of fused-ring (bicyclic) bond motifs is 1. The minimum atomic E-state index is -0.173. The average molecular weight is 303 g/mol. The lowest BCUT2D eigenvalue weighted by Gasteiger charge is -2.37. The highest BCUT2D eigenvalue weighted by molar-refractivity contribution is 7.15. The van der Waals surface area contributed by atoms with Crippen molar-refractivity contribution in [3.8, 4) is 0 Å². The van der Waals surface area contributed by atoms with Crippen molar-refractivity contribution >= 4 is 22.1 Å². The Balaban J connectivity index is 1.57. The number of hydrogen-bond donors (Lipinski definition) is 0. The van der Waals surface area contributed by atoms with Crippen LogP contribution in [0.1, 0.15) is 44.2 Å². The highest BCUT2D eigenvalue weighted by Crippen LogP contribution is 2.38. The van der Waals surface area contributed by atoms with Gasteiger partial charge in [-0.1, -0.05) is 12.8 Å². The molecule has 2 fully saturated rings. The molecule has 4 rings (SSSR count). The van der Waals surface area contributed by atoms with Gasteiger partial charge in [-0.2, -0.15) is 0 Å². The van der Waals surface area contributed by atoms with Gasteiger partial charge in [-0.05, 0) is 38.8 Å². The lowest BCUT2D eigenvalue weighted by atomic mass is 9.87. The second kappa shape index (κ2) is 5.21. The molecule has 112 valence electrons. The Morgan fingerprint density at radius 1 is 1.24 bits per heavy atom. The molecule has 0 radical (unpaired) electrons. The molecule has 0 amide bonds. The summed E-state index contributed by atoms with van der Waals surface area (Å²) in [4.78, 5) is 21.1. The largest absolute Gasteiger partial charge is 0.297 e. The molecule has 0 aromatic carbocycles. The van der Waals surface area contributed by atoms with Crippen molar-refractivity contribution in [3.05, 3.63) is 23.5 Å². The maximum absolute atomic E-state index is 13.0. The Morgan fingerprint density at radius 2 is 2.00 bits per heavy atom. The Hall–Kier alpha value is -1.20. The number of thiazole rings is 1. The maximum atomic E-state index is 13.0. The molecule has 1 saturated heterocycles. The first-order chi connectivity index (χ1) is 10.3. The van der Waals surface area contributed by atoms with Gasteiger partial charge in [0.15, 0.2) is 10.7 Å². The minimum absolute atomic E-state index is 0.173. The van der Waals surface area contributed by atoms with Crippen LogP contribution in [0.4, 0.5) is 0 Å². The van der Waals surface area contributed by atoms with E-state index in [0.29, 0.717) is 12.2 Å². The van der Waals surface area contributed by atoms with Crippen LogP contribution in [0.3, 0.4) is 0 Å². The third-order valence-corrected chi connectivity index (χ3v) is 5.92. The van der Waals surface area contributed by atoms with E-state index in [-0.39, 0.29) is 5.54 Å². The van der Waals surface area contributed by atoms with Crippen LogP contribution in [-0.2, 0) is 11.2 Å². The van der Waals surface area contributed by atoms with Gasteiger partial charge in [0.25, 0.3) is 0 Å². The molecule has 2 aromatic rings. The Bertz CT molecular complexity index is 619. The number of Topliss-reactive ketones (excluding diaryl/α,β-unsaturated/α-hetero) is 1. The molecule has 4 nitrogen and oxygen atoms in total. The first kappa shape index (κ1) is 13.5. The molecule has 1 aliphatic heterocycles. The van der Waals surface area contributed by atoms with E-state index >= 15 is 0 Å². The minimum Gasteiger partial charge on any atom is -0.297 e. The molecule has 1 saturated carbocycles. The summed E-state index contributed by atoms with van der Waals surface area (Å²) in [6.07, 6.45) is 11.5. The number of aromatic nitrogens is 2. The molecule has 3 heterocycles. The van der Waals surface area contributed by atoms with Gasteiger partial charge >= 0.3 is 0 Å². The van der Waals surface area contributed by atoms with Crippen molar-refractivity contribution < 1.29 is 4.79 Å². The van der Waals surface area contributed by atoms with E-state index in [2.05, 4.69) is 9.88 Å². The summed E-state index contributed by atoms with van der Waals surface area (Å²) >= 11 is 1.62. The molecule has 21 heavy (non-hydrogen) atoms. The van der Waals surface area contributed by atoms with Crippen LogP contribution < -0.4 is 0 Å². The zero-order chi connectivity index (χ0) is 14.3. The van der Waals surface area contributed by atoms with Crippen LogP contribution in [0, 0.1) is 0 Å². The summed E-state index contributed by atoms with van der Waals surface area (Å²) in [5.74, 6) is 0.396. The average Bonchev–Trinajstić information content (AvgIpc) is 3.22. The van der Waals surface area contributed by atoms with E-state index in [0.717, 1.165) is 36.6 Å². The molecular weight excluding hydrogens is 282 g/mol. The fourth-order valence-electron chi connectivity index (χ4n) is 4.07. The summed E-state index contributed by atoms with van der Waals surface area (Å²) in [7, 11) is 0. The van der Waals surface area contributed by atoms with Gasteiger partial charge in [-0.25, -0.2) is 4.98 Å². The third-order valence-electron chi connectivity index (χ3n) is 5.15. The fourth-order valence-corrected chi connectivity index (χ4v) is 4.79. The first-order valence-corrected chi connectivity index (χ1v) is 8.85. The van der Waals surface area contributed by atoms with Crippen LogP contribution in [0.2, 0.25) is 0 Å². The molecule has 0 atom stereocenters. The Kier molecular flexibility index (Phi) is 3.34. The summed E-state index contributed by atoms with van der Waals surface area (Å²) in [5, 5.41) is 2.02. The van der Waals surface area contributed by atoms with Crippen molar-refractivity contribution in [2.45, 2.75) is 50.5 Å². The lowest BCUT2D eigenvalue weighted by molar-refractivity contribution is -0.129. The molecule has 2 aromatic heterocycles. The first-order valence-electron chi connectivity index (χ1n) is 7.97. The maximum Gasteiger partial charge on any atom is 0.193 e. The van der Waals surface area contributed by atoms with Crippen molar-refractivity contribution in [2.24, 2.45) is 0 Å². The van der Waals surface area contributed by atoms with Crippen molar-refractivity contribution in [1.82, 2.24) is 14.3 Å². The fraction of sp³-hybridized carbons (Fsp3) is 0.625. The van der Waals surface area contributed by atoms with Crippen LogP contribution in [-0.4, -0.2) is 38.7 Å². The van der Waals surface area contributed by atoms with E-state index in [1.165, 1.54) is 25.7 Å². The summed E-state index contributed by atoms with van der Waals surface area (Å²) in [5.41, 5.74) is 0.755. The third kappa shape index (κ3) is 2.23. The van der Waals surface area contributed by atoms with Crippen molar-refractivity contribution in [3.63, 3.8) is 0 Å². The summed E-state index contributed by atoms with van der Waals surface area (Å²) < 4.78 is 2.02. The number of nitrogens with zero attached hydrogens (tertiary/aromatic N) is 3. The van der Waals surface area contributed by atoms with Gasteiger partial charge in [0.2, 0.25) is 0 Å². The Labute approximate surface area is 128 Å². The van der Waals surface area contributed by atoms with Gasteiger partial charge in [0, 0.05) is 17.8 Å². The Morgan fingerprint density at radius 3 is 2.71 bits per heavy atom. The van der Waals surface area contributed by atoms with E-state index in [1.807, 2.05) is 22.2 Å². The van der Waals surface area contributed by atoms with Crippen LogP contribution in [0.25, 0.3) is 4.96 Å². The lowest BCUT2D eigenvalue weighted by Crippen LogP contribution is -2.52. The van der Waals surface area contributed by atoms with Crippen LogP contribution in [0.15, 0.2) is 17.8 Å². The predicted molar refractivity (Wildman–Crippen MR) is 83.8 cm³/mol. The van der Waals surface area contributed by atoms with Gasteiger partial charge in [0.05, 0.1) is 17.7 Å². The van der Waals surface area contributed by atoms with Gasteiger partial charge < -0.3 is 0 Å². The van der Waals surface area contributed by atoms with E-state index in [4.69, 9.17) is 0 Å². The molecular formula is C16H21N3OS. The molecule has 1 aliphatic carbocycles. The van der Waals surface area contributed by atoms with Crippen LogP contribution in [0.5, 0.6) is 0 Å². The van der Waals surface area contributed by atoms with Crippen LogP contribution >= 0.6 is 11.3 Å². The topological polar surface area (TPSA) is 37.6 Å². The standard InChI is InChI=1S/C16H21N3OS/c20-14(11-13-12-18-9-10-21-15(18)17-13)16(5-1-2-6-16)19-7-3-4-8-19/h9-10,12H,1-8,11H2. The smallest absolute Gasteiger partial charge is 0.193 e. The predicted octanol–water partition coefficient (Wildman–Crippen LogP) is 2.92. The van der Waals surface area contributed by atoms with Gasteiger partial charge in [-0.3, -0.25) is 14.1 Å². The molecule has 5 heteroatoms. The monoisotopic (exact) mass is 303 g/mol. The van der Waals surface area contributed by atoms with E-state index < -0.39 is 0 Å². The van der Waals surface area contributed by atoms with Gasteiger partial charge in [-0.15, -0.1) is 11.3 Å². The van der Waals surface area contributed by atoms with E-state index in [1.54, 1.807) is 11.3 Å². The number of carbonyl (C=O) groups is 1. The molecule has 0 bridgehead atoms. The number of hydrogen-bond acceptors (Lipinski definition) is 4. The quantitative estimate of drug-likeness (QED) is 0.871. The summed E-state index contributed by atoms with van der Waals surface area (Å²) in [6, 6.07) is 0. The van der Waals surface area contributed by atoms with Crippen molar-refractivity contribution in [1.29, 1.82) is 0 Å². The highest BCUT2D eigenvalue weighted by Gasteiger charge is 2.46.